The molecule has 2 unspecified atom stereocenters. The molecule has 0 aromatic heterocycles. The van der Waals surface area contributed by atoms with Crippen molar-refractivity contribution in [3.8, 4) is 0 Å². The number of carboxylic acids is 1. The molecule has 9 nitrogen and oxygen atoms in total. The Morgan fingerprint density at radius 2 is 0.545 bits per heavy atom. The van der Waals surface area contributed by atoms with Crippen LogP contribution in [0.5, 0.6) is 0 Å². The van der Waals surface area contributed by atoms with E-state index in [-0.39, 0.29) is 32.2 Å². The molecule has 0 heterocycles. The van der Waals surface area contributed by atoms with Gasteiger partial charge >= 0.3 is 11.9 Å². The summed E-state index contributed by atoms with van der Waals surface area (Å²) < 4.78 is 22.9. The minimum absolute atomic E-state index is 0.146. The summed E-state index contributed by atoms with van der Waals surface area (Å²) >= 11 is 0. The van der Waals surface area contributed by atoms with Crippen molar-refractivity contribution in [1.29, 1.82) is 0 Å². The van der Waals surface area contributed by atoms with Gasteiger partial charge in [-0.05, 0) is 109 Å². The van der Waals surface area contributed by atoms with Gasteiger partial charge in [-0.3, -0.25) is 9.59 Å². The fourth-order valence-electron chi connectivity index (χ4n) is 11.7. The third-order valence-corrected chi connectivity index (χ3v) is 17.9. The molecule has 0 radical (unpaired) electrons. The molecule has 0 N–H and O–H groups in total. The van der Waals surface area contributed by atoms with Crippen LogP contribution in [0.15, 0.2) is 134 Å². The smallest absolute Gasteiger partial charge is 0.306 e. The van der Waals surface area contributed by atoms with Crippen molar-refractivity contribution in [2.75, 3.05) is 47.5 Å². The molecule has 0 saturated carbocycles. The molecular weight excluding hydrogens is 1220 g/mol. The summed E-state index contributed by atoms with van der Waals surface area (Å²) in [6.45, 7) is 4.56. The molecule has 0 aliphatic rings. The lowest BCUT2D eigenvalue weighted by Gasteiger charge is -2.26. The van der Waals surface area contributed by atoms with Crippen LogP contribution in [-0.2, 0) is 33.3 Å². The number of esters is 2. The van der Waals surface area contributed by atoms with Crippen LogP contribution >= 0.6 is 0 Å². The molecule has 99 heavy (non-hydrogen) atoms. The number of aliphatic carboxylic acids is 1. The van der Waals surface area contributed by atoms with Crippen LogP contribution in [0.25, 0.3) is 0 Å². The number of hydrogen-bond donors (Lipinski definition) is 0. The number of carbonyl (C=O) groups excluding carboxylic acids is 3. The molecule has 2 atom stereocenters. The van der Waals surface area contributed by atoms with Crippen LogP contribution in [-0.4, -0.2) is 82.3 Å². The van der Waals surface area contributed by atoms with E-state index in [4.69, 9.17) is 18.9 Å². The second-order valence-electron chi connectivity index (χ2n) is 28.7. The Morgan fingerprint density at radius 3 is 0.808 bits per heavy atom. The Bertz CT molecular complexity index is 2100. The van der Waals surface area contributed by atoms with Gasteiger partial charge in [-0.25, -0.2) is 0 Å². The molecule has 0 aromatic carbocycles. The van der Waals surface area contributed by atoms with Gasteiger partial charge in [0.25, 0.3) is 0 Å². The van der Waals surface area contributed by atoms with E-state index in [0.717, 1.165) is 103 Å². The van der Waals surface area contributed by atoms with Crippen LogP contribution in [0, 0.1) is 0 Å². The number of allylic oxidation sites excluding steroid dienone is 22. The molecule has 0 saturated heterocycles. The van der Waals surface area contributed by atoms with Gasteiger partial charge in [-0.1, -0.05) is 372 Å². The predicted octanol–water partition coefficient (Wildman–Crippen LogP) is 25.5. The predicted molar refractivity (Wildman–Crippen MR) is 426 cm³/mol. The maximum absolute atomic E-state index is 13.0. The zero-order chi connectivity index (χ0) is 71.8. The topological polar surface area (TPSA) is 111 Å². The lowest BCUT2D eigenvalue weighted by molar-refractivity contribution is -0.870. The Kier molecular flexibility index (Phi) is 75.5. The first-order valence-electron chi connectivity index (χ1n) is 41.3. The van der Waals surface area contributed by atoms with Crippen molar-refractivity contribution in [3.05, 3.63) is 134 Å². The number of nitrogens with zero attached hydrogens (tertiary/aromatic N) is 1. The maximum Gasteiger partial charge on any atom is 0.306 e. The van der Waals surface area contributed by atoms with E-state index in [0.29, 0.717) is 23.9 Å². The van der Waals surface area contributed by atoms with Crippen molar-refractivity contribution in [2.24, 2.45) is 0 Å². The number of rotatable bonds is 76. The maximum atomic E-state index is 13.0. The molecule has 0 aromatic rings. The standard InChI is InChI=1S/C90H155NO8/c1-6-8-10-12-14-16-18-20-22-24-26-28-30-32-34-36-38-40-42-44-46-48-50-52-54-56-58-60-62-64-66-68-70-72-74-76-78-80-87(92)97-84-86(85-98-90(89(94)95)96-83-82-91(3,4)5)99-88(93)81-79-77-75-73-71-69-67-65-63-61-59-57-55-53-51-49-47-45-43-41-39-37-35-33-31-29-27-25-23-21-19-17-15-13-11-9-7-2/h8-11,14-17,20-23,26-29,32-35,39,41,86,90H,6-7,12-13,18-19,24-25,30-31,36-38,40,42-85H2,1-5H3/b10-8-,11-9-,16-14-,17-15-,22-20-,23-21-,28-26-,29-27-,34-32-,35-33-,41-39-. The molecule has 9 heteroatoms. The average Bonchev–Trinajstić information content (AvgIpc) is 2.19. The van der Waals surface area contributed by atoms with Gasteiger partial charge in [0.1, 0.15) is 13.2 Å². The van der Waals surface area contributed by atoms with E-state index in [1.54, 1.807) is 0 Å². The van der Waals surface area contributed by atoms with Crippen molar-refractivity contribution in [1.82, 2.24) is 0 Å². The fraction of sp³-hybridized carbons (Fsp3) is 0.722. The summed E-state index contributed by atoms with van der Waals surface area (Å²) in [5.41, 5.74) is 0. The van der Waals surface area contributed by atoms with E-state index in [1.165, 1.54) is 225 Å². The number of unbranched alkanes of at least 4 members (excludes halogenated alkanes) is 39. The van der Waals surface area contributed by atoms with E-state index in [2.05, 4.69) is 148 Å². The molecule has 0 bridgehead atoms. The van der Waals surface area contributed by atoms with Crippen molar-refractivity contribution in [3.63, 3.8) is 0 Å². The summed E-state index contributed by atoms with van der Waals surface area (Å²) in [4.78, 5) is 37.7. The first-order valence-corrected chi connectivity index (χ1v) is 41.3. The molecule has 0 aliphatic heterocycles. The Balaban J connectivity index is 3.99. The summed E-state index contributed by atoms with van der Waals surface area (Å²) in [5, 5.41) is 11.9. The monoisotopic (exact) mass is 1380 g/mol. The van der Waals surface area contributed by atoms with Gasteiger partial charge in [0, 0.05) is 12.8 Å². The third-order valence-electron chi connectivity index (χ3n) is 17.9. The van der Waals surface area contributed by atoms with Crippen LogP contribution in [0.4, 0.5) is 0 Å². The molecule has 0 amide bonds. The molecule has 0 aliphatic carbocycles. The molecule has 0 rings (SSSR count). The number of likely N-dealkylation sites (N-methyl/N-ethyl adjacent to an activating group) is 1. The SMILES string of the molecule is CC/C=C\C/C=C\C/C=C\C/C=C\C/C=C\C/C=C\CCCCCCCCCCCCCCCCCCCCC(=O)OC(COC(=O)CCCCCCCCCCCCCCCCCCCCCCC/C=C\C/C=C\C/C=C\C/C=C\C/C=C\CC)COC(OCC[N+](C)(C)C)C(=O)[O-]. The van der Waals surface area contributed by atoms with Crippen LogP contribution in [0.1, 0.15) is 361 Å². The van der Waals surface area contributed by atoms with Gasteiger partial charge in [0.15, 0.2) is 12.4 Å². The first kappa shape index (κ1) is 94.4. The highest BCUT2D eigenvalue weighted by atomic mass is 16.7. The van der Waals surface area contributed by atoms with Crippen molar-refractivity contribution >= 4 is 17.9 Å². The Morgan fingerprint density at radius 1 is 0.303 bits per heavy atom. The average molecular weight is 1380 g/mol. The van der Waals surface area contributed by atoms with Gasteiger partial charge < -0.3 is 33.3 Å². The van der Waals surface area contributed by atoms with Crippen LogP contribution < -0.4 is 5.11 Å². The molecule has 0 fully saturated rings. The zero-order valence-corrected chi connectivity index (χ0v) is 65.1. The summed E-state index contributed by atoms with van der Waals surface area (Å²) in [6, 6.07) is 0. The highest BCUT2D eigenvalue weighted by Crippen LogP contribution is 2.19. The largest absolute Gasteiger partial charge is 0.545 e. The van der Waals surface area contributed by atoms with E-state index >= 15 is 0 Å². The lowest BCUT2D eigenvalue weighted by atomic mass is 10.0. The van der Waals surface area contributed by atoms with Gasteiger partial charge in [-0.15, -0.1) is 0 Å². The first-order chi connectivity index (χ1) is 48.6. The number of quaternary nitrogens is 1. The van der Waals surface area contributed by atoms with Crippen LogP contribution in [0.3, 0.4) is 0 Å². The van der Waals surface area contributed by atoms with Crippen LogP contribution in [0.2, 0.25) is 0 Å². The van der Waals surface area contributed by atoms with Crippen molar-refractivity contribution < 1.29 is 42.9 Å². The third kappa shape index (κ3) is 80.6. The van der Waals surface area contributed by atoms with E-state index in [1.807, 2.05) is 21.1 Å². The molecular formula is C90H155NO8. The van der Waals surface area contributed by atoms with Crippen molar-refractivity contribution in [2.45, 2.75) is 373 Å². The summed E-state index contributed by atoms with van der Waals surface area (Å²) in [5.74, 6) is -2.27. The highest BCUT2D eigenvalue weighted by Gasteiger charge is 2.22. The Labute approximate surface area is 611 Å². The minimum Gasteiger partial charge on any atom is -0.545 e. The van der Waals surface area contributed by atoms with E-state index < -0.39 is 24.3 Å². The second kappa shape index (κ2) is 79.1. The zero-order valence-electron chi connectivity index (χ0n) is 65.1. The highest BCUT2D eigenvalue weighted by molar-refractivity contribution is 5.70. The minimum atomic E-state index is -1.63. The lowest BCUT2D eigenvalue weighted by Crippen LogP contribution is -2.44. The molecule has 0 spiro atoms. The number of hydrogen-bond acceptors (Lipinski definition) is 8. The number of carbonyl (C=O) groups is 3. The Hall–Kier alpha value is -4.57. The quantitative estimate of drug-likeness (QED) is 0.0195. The van der Waals surface area contributed by atoms with Gasteiger partial charge in [0.05, 0.1) is 40.3 Å². The normalized spacial score (nSPS) is 13.3. The van der Waals surface area contributed by atoms with Gasteiger partial charge in [0.2, 0.25) is 0 Å². The number of carboxylic acid groups (broad SMARTS) is 1. The summed E-state index contributed by atoms with van der Waals surface area (Å²) in [6.07, 6.45) is 112. The fourth-order valence-corrected chi connectivity index (χ4v) is 11.7. The van der Waals surface area contributed by atoms with E-state index in [9.17, 15) is 19.5 Å². The van der Waals surface area contributed by atoms with Gasteiger partial charge in [-0.2, -0.15) is 0 Å². The molecule has 568 valence electrons. The number of ether oxygens (including phenoxy) is 4. The second-order valence-corrected chi connectivity index (χ2v) is 28.7. The summed E-state index contributed by atoms with van der Waals surface area (Å²) in [7, 11) is 5.94.